The first-order valence-corrected chi connectivity index (χ1v) is 13.3. The van der Waals surface area contributed by atoms with Crippen LogP contribution in [0.15, 0.2) is 84.4 Å². The molecule has 0 aliphatic rings. The van der Waals surface area contributed by atoms with Crippen molar-refractivity contribution in [2.24, 2.45) is 5.11 Å². The van der Waals surface area contributed by atoms with E-state index in [-0.39, 0.29) is 40.8 Å². The largest absolute Gasteiger partial charge is 0.467 e. The quantitative estimate of drug-likeness (QED) is 0.0940. The van der Waals surface area contributed by atoms with E-state index in [4.69, 9.17) is 21.9 Å². The van der Waals surface area contributed by atoms with Gasteiger partial charge in [-0.05, 0) is 53.6 Å². The van der Waals surface area contributed by atoms with E-state index in [1.165, 1.54) is 60.7 Å². The number of hydrogen-bond donors (Lipinski definition) is 1. The van der Waals surface area contributed by atoms with Crippen LogP contribution < -0.4 is 5.32 Å². The molecule has 16 heteroatoms. The molecule has 0 saturated carbocycles. The summed E-state index contributed by atoms with van der Waals surface area (Å²) in [4.78, 5) is 55.1. The number of hydrogen-bond acceptors (Lipinski definition) is 8. The first-order chi connectivity index (χ1) is 21.5. The minimum Gasteiger partial charge on any atom is -0.467 e. The molecule has 0 fully saturated rings. The number of nitrogens with one attached hydrogen (secondary N) is 1. The first-order valence-electron chi connectivity index (χ1n) is 12.9. The highest BCUT2D eigenvalue weighted by atomic mass is 35.5. The SMILES string of the molecule is COC(=O)[C@@H](Cc1ccccn1)N(Cc1ccc(C(=O)Nc2ncc(C(F)(F)F)cn2)cc1)C(=O)c1ccc(Cl)cc1N=[N+]=[N-]. The van der Waals surface area contributed by atoms with Crippen molar-refractivity contribution >= 4 is 41.0 Å². The molecule has 0 spiro atoms. The number of nitrogens with zero attached hydrogens (tertiary/aromatic N) is 7. The number of carbonyl (C=O) groups excluding carboxylic acids is 3. The van der Waals surface area contributed by atoms with Crippen molar-refractivity contribution < 1.29 is 32.3 Å². The number of amides is 2. The van der Waals surface area contributed by atoms with Crippen molar-refractivity contribution in [1.29, 1.82) is 0 Å². The average molecular weight is 639 g/mol. The molecule has 12 nitrogen and oxygen atoms in total. The van der Waals surface area contributed by atoms with Crippen molar-refractivity contribution in [2.45, 2.75) is 25.2 Å². The number of esters is 1. The Bertz CT molecular complexity index is 1730. The summed E-state index contributed by atoms with van der Waals surface area (Å²) in [7, 11) is 1.18. The predicted octanol–water partition coefficient (Wildman–Crippen LogP) is 6.16. The number of alkyl halides is 3. The third kappa shape index (κ3) is 8.31. The normalized spacial score (nSPS) is 11.6. The smallest absolute Gasteiger partial charge is 0.419 e. The molecule has 0 saturated heterocycles. The zero-order valence-electron chi connectivity index (χ0n) is 23.3. The standard InChI is InChI=1S/C29H22ClF3N8O4/c1-45-27(44)24(13-21-4-2-3-11-35-21)41(26(43)22-10-9-20(30)12-23(22)39-40-34)16-17-5-7-18(8-6-17)25(42)38-28-36-14-19(15-37-28)29(31,32)33/h2-12,14-15,24H,13,16H2,1H3,(H,36,37,38,42)/t24-/m1/s1. The lowest BCUT2D eigenvalue weighted by molar-refractivity contribution is -0.146. The van der Waals surface area contributed by atoms with Gasteiger partial charge in [0.2, 0.25) is 5.95 Å². The van der Waals surface area contributed by atoms with Crippen molar-refractivity contribution in [2.75, 3.05) is 12.4 Å². The summed E-state index contributed by atoms with van der Waals surface area (Å²) in [6.07, 6.45) is -2.01. The molecule has 0 bridgehead atoms. The van der Waals surface area contributed by atoms with Gasteiger partial charge in [0.1, 0.15) is 6.04 Å². The van der Waals surface area contributed by atoms with Gasteiger partial charge < -0.3 is 9.64 Å². The molecule has 2 aromatic carbocycles. The van der Waals surface area contributed by atoms with E-state index in [0.717, 1.165) is 0 Å². The number of rotatable bonds is 10. The van der Waals surface area contributed by atoms with Gasteiger partial charge in [-0.3, -0.25) is 19.9 Å². The number of ether oxygens (including phenoxy) is 1. The van der Waals surface area contributed by atoms with Crippen molar-refractivity contribution in [3.8, 4) is 0 Å². The monoisotopic (exact) mass is 638 g/mol. The van der Waals surface area contributed by atoms with E-state index in [1.54, 1.807) is 18.2 Å². The van der Waals surface area contributed by atoms with Gasteiger partial charge >= 0.3 is 12.1 Å². The number of methoxy groups -OCH3 is 1. The second-order valence-corrected chi connectivity index (χ2v) is 9.73. The summed E-state index contributed by atoms with van der Waals surface area (Å²) >= 11 is 6.05. The molecule has 4 rings (SSSR count). The number of azide groups is 1. The Morgan fingerprint density at radius 3 is 2.38 bits per heavy atom. The Labute approximate surface area is 258 Å². The molecule has 1 N–H and O–H groups in total. The molecule has 0 aliphatic heterocycles. The van der Waals surface area contributed by atoms with E-state index in [2.05, 4.69) is 30.3 Å². The molecular weight excluding hydrogens is 617 g/mol. The predicted molar refractivity (Wildman–Crippen MR) is 155 cm³/mol. The number of pyridine rings is 1. The number of carbonyl (C=O) groups is 3. The van der Waals surface area contributed by atoms with Crippen LogP contribution in [0.2, 0.25) is 5.02 Å². The summed E-state index contributed by atoms with van der Waals surface area (Å²) in [5, 5.41) is 6.11. The zero-order valence-corrected chi connectivity index (χ0v) is 24.0. The summed E-state index contributed by atoms with van der Waals surface area (Å²) in [5.41, 5.74) is 8.99. The van der Waals surface area contributed by atoms with Crippen LogP contribution in [0.5, 0.6) is 0 Å². The summed E-state index contributed by atoms with van der Waals surface area (Å²) in [5.74, 6) is -2.44. The van der Waals surface area contributed by atoms with Gasteiger partial charge in [0.15, 0.2) is 0 Å². The van der Waals surface area contributed by atoms with Gasteiger partial charge in [-0.25, -0.2) is 14.8 Å². The van der Waals surface area contributed by atoms with Crippen LogP contribution in [-0.4, -0.2) is 50.8 Å². The molecule has 2 heterocycles. The lowest BCUT2D eigenvalue weighted by Crippen LogP contribution is -2.46. The van der Waals surface area contributed by atoms with Gasteiger partial charge in [-0.2, -0.15) is 13.2 Å². The highest BCUT2D eigenvalue weighted by Crippen LogP contribution is 2.29. The van der Waals surface area contributed by atoms with Crippen molar-refractivity contribution in [3.05, 3.63) is 123 Å². The number of halogens is 4. The number of anilines is 1. The minimum atomic E-state index is -4.63. The second-order valence-electron chi connectivity index (χ2n) is 9.29. The first kappa shape index (κ1) is 32.4. The molecule has 2 amide bonds. The highest BCUT2D eigenvalue weighted by Gasteiger charge is 2.33. The van der Waals surface area contributed by atoms with Gasteiger partial charge in [0, 0.05) is 58.3 Å². The number of benzene rings is 2. The van der Waals surface area contributed by atoms with Gasteiger partial charge in [-0.15, -0.1) is 0 Å². The van der Waals surface area contributed by atoms with Crippen LogP contribution in [0, 0.1) is 0 Å². The minimum absolute atomic E-state index is 0.0166. The van der Waals surface area contributed by atoms with E-state index in [0.29, 0.717) is 23.7 Å². The lowest BCUT2D eigenvalue weighted by atomic mass is 10.0. The Morgan fingerprint density at radius 1 is 1.07 bits per heavy atom. The molecule has 0 unspecified atom stereocenters. The Balaban J connectivity index is 1.64. The van der Waals surface area contributed by atoms with Crippen molar-refractivity contribution in [1.82, 2.24) is 19.9 Å². The van der Waals surface area contributed by atoms with Crippen molar-refractivity contribution in [3.63, 3.8) is 0 Å². The Hall–Kier alpha value is -5.53. The lowest BCUT2D eigenvalue weighted by Gasteiger charge is -2.30. The third-order valence-electron chi connectivity index (χ3n) is 6.36. The summed E-state index contributed by atoms with van der Waals surface area (Å²) in [6.45, 7) is -0.159. The zero-order chi connectivity index (χ0) is 32.6. The summed E-state index contributed by atoms with van der Waals surface area (Å²) in [6, 6.07) is 13.9. The molecule has 45 heavy (non-hydrogen) atoms. The Morgan fingerprint density at radius 2 is 1.78 bits per heavy atom. The molecule has 0 radical (unpaired) electrons. The third-order valence-corrected chi connectivity index (χ3v) is 6.59. The van der Waals surface area contributed by atoms with Crippen LogP contribution in [0.4, 0.5) is 24.8 Å². The number of aromatic nitrogens is 3. The maximum atomic E-state index is 14.0. The van der Waals surface area contributed by atoms with Crippen LogP contribution in [0.1, 0.15) is 37.5 Å². The van der Waals surface area contributed by atoms with Gasteiger partial charge in [0.05, 0.1) is 18.4 Å². The molecule has 1 atom stereocenters. The van der Waals surface area contributed by atoms with Gasteiger partial charge in [-0.1, -0.05) is 34.9 Å². The Kier molecular flexibility index (Phi) is 10.3. The molecule has 2 aromatic heterocycles. The fraction of sp³-hybridized carbons (Fsp3) is 0.172. The molecule has 4 aromatic rings. The second kappa shape index (κ2) is 14.3. The fourth-order valence-corrected chi connectivity index (χ4v) is 4.31. The molecule has 230 valence electrons. The maximum Gasteiger partial charge on any atom is 0.419 e. The topological polar surface area (TPSA) is 163 Å². The molecular formula is C29H22ClF3N8O4. The average Bonchev–Trinajstić information content (AvgIpc) is 3.03. The van der Waals surface area contributed by atoms with Crippen LogP contribution in [-0.2, 0) is 28.7 Å². The van der Waals surface area contributed by atoms with Crippen LogP contribution in [0.3, 0.4) is 0 Å². The van der Waals surface area contributed by atoms with E-state index >= 15 is 0 Å². The van der Waals surface area contributed by atoms with E-state index in [1.807, 2.05) is 0 Å². The van der Waals surface area contributed by atoms with Crippen LogP contribution in [0.25, 0.3) is 10.4 Å². The maximum absolute atomic E-state index is 14.0. The van der Waals surface area contributed by atoms with E-state index < -0.39 is 35.6 Å². The highest BCUT2D eigenvalue weighted by molar-refractivity contribution is 6.31. The van der Waals surface area contributed by atoms with E-state index in [9.17, 15) is 27.6 Å². The van der Waals surface area contributed by atoms with Crippen LogP contribution >= 0.6 is 11.6 Å². The fourth-order valence-electron chi connectivity index (χ4n) is 4.14. The summed E-state index contributed by atoms with van der Waals surface area (Å²) < 4.78 is 43.3. The van der Waals surface area contributed by atoms with Gasteiger partial charge in [0.25, 0.3) is 11.8 Å². The molecule has 0 aliphatic carbocycles.